The van der Waals surface area contributed by atoms with Gasteiger partial charge in [-0.25, -0.2) is 13.2 Å². The van der Waals surface area contributed by atoms with E-state index in [1.165, 1.54) is 69.3 Å². The lowest BCUT2D eigenvalue weighted by Crippen LogP contribution is -2.47. The molecule has 1 fully saturated rings. The van der Waals surface area contributed by atoms with E-state index >= 15 is 0 Å². The van der Waals surface area contributed by atoms with Crippen LogP contribution in [-0.4, -0.2) is 79.1 Å². The van der Waals surface area contributed by atoms with Gasteiger partial charge in [-0.1, -0.05) is 24.3 Å². The number of nitrogens with one attached hydrogen (secondary N) is 1. The summed E-state index contributed by atoms with van der Waals surface area (Å²) in [5, 5.41) is 12.8. The number of morpholine rings is 1. The number of carbonyl (C=O) groups is 1. The van der Waals surface area contributed by atoms with Crippen LogP contribution in [0.15, 0.2) is 132 Å². The van der Waals surface area contributed by atoms with E-state index in [9.17, 15) is 102 Å². The monoisotopic (exact) mass is 1340 g/mol. The van der Waals surface area contributed by atoms with E-state index in [1.807, 2.05) is 0 Å². The lowest BCUT2D eigenvalue weighted by molar-refractivity contribution is -0.781. The number of halogens is 21. The SMILES string of the molecule is C[C@@H](O[C@H]1OCC(=O)N[C@H]1c1ccc(F)cc1)c1cc(C(F)(F)F)cc(C(F)(F)F)c1.C[C@@H](O[C@H]1OCCN=C1c1ccc(F)cc1)c1cc(C(F)(F)F)cc(C(F)(F)F)c1.C[C@@H](O[C@H]1OCC[N+](O)=C1c1ccc(F)cc1)c1cc(C(F)(F)F)cc(C(F)(F)F)c1. The second-order valence-corrected chi connectivity index (χ2v) is 20.3. The summed E-state index contributed by atoms with van der Waals surface area (Å²) in [6.07, 6.45) is -37.3. The molecule has 0 radical (unpaired) electrons. The van der Waals surface area contributed by atoms with Crippen LogP contribution in [0.1, 0.15) is 112 Å². The maximum absolute atomic E-state index is 13.2. The summed E-state index contributed by atoms with van der Waals surface area (Å²) < 4.78 is 309. The molecule has 3 aliphatic heterocycles. The Bertz CT molecular complexity index is 3470. The van der Waals surface area contributed by atoms with Gasteiger partial charge in [0.25, 0.3) is 12.0 Å². The molecule has 3 aliphatic rings. The third-order valence-electron chi connectivity index (χ3n) is 13.6. The number of hydrogen-bond acceptors (Lipinski definition) is 9. The van der Waals surface area contributed by atoms with Gasteiger partial charge in [-0.05, 0) is 151 Å². The Kier molecular flexibility index (Phi) is 22.3. The number of nitrogens with zero attached hydrogens (tertiary/aromatic N) is 2. The van der Waals surface area contributed by atoms with Crippen molar-refractivity contribution < 1.29 is 135 Å². The molecule has 2 N–H and O–H groups in total. The van der Waals surface area contributed by atoms with Gasteiger partial charge in [0, 0.05) is 5.56 Å². The average Bonchev–Trinajstić information content (AvgIpc) is 1.08. The summed E-state index contributed by atoms with van der Waals surface area (Å²) in [4.78, 5) is 16.0. The van der Waals surface area contributed by atoms with E-state index in [4.69, 9.17) is 28.4 Å². The topological polar surface area (TPSA) is 120 Å². The molecule has 1 saturated heterocycles. The maximum atomic E-state index is 13.2. The molecule has 498 valence electrons. The predicted octanol–water partition coefficient (Wildman–Crippen LogP) is 16.1. The van der Waals surface area contributed by atoms with Gasteiger partial charge in [-0.2, -0.15) is 79.0 Å². The number of carbonyl (C=O) groups excluding carboxylic acids is 1. The number of rotatable bonds is 12. The van der Waals surface area contributed by atoms with Gasteiger partial charge in [0.05, 0.1) is 76.1 Å². The van der Waals surface area contributed by atoms with Crippen LogP contribution >= 0.6 is 0 Å². The van der Waals surface area contributed by atoms with Gasteiger partial charge in [-0.15, -0.1) is 0 Å². The second kappa shape index (κ2) is 28.6. The molecule has 0 unspecified atom stereocenters. The highest BCUT2D eigenvalue weighted by Gasteiger charge is 2.43. The Balaban J connectivity index is 0.000000196. The van der Waals surface area contributed by atoms with Crippen LogP contribution in [0.2, 0.25) is 0 Å². The van der Waals surface area contributed by atoms with E-state index < -0.39 is 144 Å². The summed E-state index contributed by atoms with van der Waals surface area (Å²) in [7, 11) is 0. The molecule has 3 heterocycles. The number of hydroxylamine groups is 1. The summed E-state index contributed by atoms with van der Waals surface area (Å²) in [5.74, 6) is -2.08. The van der Waals surface area contributed by atoms with Gasteiger partial charge >= 0.3 is 37.1 Å². The molecular formula is C60H49F21N3O8+. The minimum absolute atomic E-state index is 0.0189. The highest BCUT2D eigenvalue weighted by atomic mass is 19.4. The summed E-state index contributed by atoms with van der Waals surface area (Å²) in [6, 6.07) is 17.7. The first kappa shape index (κ1) is 71.7. The third-order valence-corrected chi connectivity index (χ3v) is 13.6. The maximum Gasteiger partial charge on any atom is 0.416 e. The first-order valence-electron chi connectivity index (χ1n) is 26.8. The van der Waals surface area contributed by atoms with Crippen LogP contribution in [-0.2, 0) is 70.3 Å². The van der Waals surface area contributed by atoms with Crippen molar-refractivity contribution in [2.45, 2.75) is 101 Å². The number of ether oxygens (including phenoxy) is 6. The van der Waals surface area contributed by atoms with Gasteiger partial charge < -0.3 is 33.7 Å². The summed E-state index contributed by atoms with van der Waals surface area (Å²) in [6.45, 7) is 3.86. The van der Waals surface area contributed by atoms with E-state index in [1.54, 1.807) is 0 Å². The van der Waals surface area contributed by atoms with Crippen LogP contribution in [0.4, 0.5) is 92.2 Å². The molecule has 6 aromatic rings. The zero-order valence-electron chi connectivity index (χ0n) is 47.3. The largest absolute Gasteiger partial charge is 0.416 e. The number of aliphatic imine (C=N–C) groups is 1. The molecule has 0 spiro atoms. The van der Waals surface area contributed by atoms with Crippen LogP contribution in [0.25, 0.3) is 0 Å². The molecule has 0 aliphatic carbocycles. The minimum Gasteiger partial charge on any atom is -0.345 e. The molecule has 9 rings (SSSR count). The van der Waals surface area contributed by atoms with Crippen LogP contribution in [0.3, 0.4) is 0 Å². The van der Waals surface area contributed by atoms with Crippen molar-refractivity contribution in [2.24, 2.45) is 4.99 Å². The minimum atomic E-state index is -5.00. The lowest BCUT2D eigenvalue weighted by Gasteiger charge is -2.34. The van der Waals surface area contributed by atoms with Crippen LogP contribution in [0, 0.1) is 17.5 Å². The van der Waals surface area contributed by atoms with Crippen molar-refractivity contribution in [3.8, 4) is 0 Å². The fraction of sp³-hybridized carbons (Fsp3) is 0.350. The quantitative estimate of drug-likeness (QED) is 0.0706. The molecule has 0 saturated carbocycles. The van der Waals surface area contributed by atoms with Crippen LogP contribution < -0.4 is 5.32 Å². The molecule has 6 aromatic carbocycles. The van der Waals surface area contributed by atoms with E-state index in [0.29, 0.717) is 53.1 Å². The number of benzene rings is 6. The normalized spacial score (nSPS) is 19.6. The zero-order valence-corrected chi connectivity index (χ0v) is 47.3. The Morgan fingerprint density at radius 1 is 0.478 bits per heavy atom. The molecule has 7 atom stereocenters. The predicted molar refractivity (Wildman–Crippen MR) is 280 cm³/mol. The second-order valence-electron chi connectivity index (χ2n) is 20.3. The van der Waals surface area contributed by atoms with Crippen molar-refractivity contribution >= 4 is 17.3 Å². The first-order chi connectivity index (χ1) is 42.6. The molecular weight excluding hydrogens is 1290 g/mol. The van der Waals surface area contributed by atoms with E-state index in [-0.39, 0.29) is 72.6 Å². The molecule has 0 bridgehead atoms. The average molecular weight is 1340 g/mol. The molecule has 11 nitrogen and oxygen atoms in total. The lowest BCUT2D eigenvalue weighted by atomic mass is 10.0. The first-order valence-corrected chi connectivity index (χ1v) is 26.8. The van der Waals surface area contributed by atoms with Gasteiger partial charge in [0.2, 0.25) is 18.7 Å². The van der Waals surface area contributed by atoms with Crippen LogP contribution in [0.5, 0.6) is 0 Å². The molecule has 0 aromatic heterocycles. The third kappa shape index (κ3) is 19.2. The molecule has 92 heavy (non-hydrogen) atoms. The Labute approximate surface area is 507 Å². The fourth-order valence-corrected chi connectivity index (χ4v) is 9.02. The van der Waals surface area contributed by atoms with E-state index in [2.05, 4.69) is 10.3 Å². The molecule has 1 amide bonds. The number of hydrogen-bond donors (Lipinski definition) is 2. The number of alkyl halides is 18. The van der Waals surface area contributed by atoms with Gasteiger partial charge in [0.1, 0.15) is 36.7 Å². The van der Waals surface area contributed by atoms with Crippen molar-refractivity contribution in [2.75, 3.05) is 32.9 Å². The zero-order chi connectivity index (χ0) is 68.1. The summed E-state index contributed by atoms with van der Waals surface area (Å²) >= 11 is 0. The van der Waals surface area contributed by atoms with Crippen molar-refractivity contribution in [3.05, 3.63) is 212 Å². The summed E-state index contributed by atoms with van der Waals surface area (Å²) in [5.41, 5.74) is -8.34. The highest BCUT2D eigenvalue weighted by molar-refractivity contribution is 6.03. The van der Waals surface area contributed by atoms with Gasteiger partial charge in [-0.3, -0.25) is 15.0 Å². The van der Waals surface area contributed by atoms with Gasteiger partial charge in [0.15, 0.2) is 6.29 Å². The fourth-order valence-electron chi connectivity index (χ4n) is 9.02. The number of amides is 1. The highest BCUT2D eigenvalue weighted by Crippen LogP contribution is 2.42. The van der Waals surface area contributed by atoms with Crippen molar-refractivity contribution in [1.82, 2.24) is 5.32 Å². The van der Waals surface area contributed by atoms with Crippen molar-refractivity contribution in [1.29, 1.82) is 0 Å². The smallest absolute Gasteiger partial charge is 0.345 e. The van der Waals surface area contributed by atoms with Crippen molar-refractivity contribution in [3.63, 3.8) is 0 Å². The molecule has 32 heteroatoms. The standard InChI is InChI=1S/C20H16F7NO3.C20H17F7NO3.C20H16F7NO2/c1-10(12-6-13(19(22,23)24)8-14(7-12)20(25,26)27)31-18-17(28-16(29)9-30-18)11-2-4-15(21)5-3-11;1-11(13-8-14(19(22,23)24)10-15(9-13)20(25,26)27)31-18-17(28(29)6-7-30-18)12-2-4-16(21)5-3-12;1-11(13-8-14(19(22,23)24)10-15(9-13)20(25,26)27)30-18-17(28-6-7-29-18)12-2-4-16(21)5-3-12/h2-8,10,17-18H,9H2,1H3,(H,28,29);2-5,8-11,18,29H,6-7H2,1H3;2-5,8-11,18H,6-7H2,1H3/q;+1;/t10-,17+,18-;2*11-,18-/m111/s1. The van der Waals surface area contributed by atoms with E-state index in [0.717, 1.165) is 29.0 Å². The Morgan fingerprint density at radius 3 is 1.22 bits per heavy atom. The Morgan fingerprint density at radius 2 is 0.826 bits per heavy atom. The Hall–Kier alpha value is -7.78.